The third kappa shape index (κ3) is 3.80. The van der Waals surface area contributed by atoms with Gasteiger partial charge in [0.05, 0.1) is 17.6 Å². The summed E-state index contributed by atoms with van der Waals surface area (Å²) in [5.41, 5.74) is 0. The van der Waals surface area contributed by atoms with Crippen molar-refractivity contribution in [3.63, 3.8) is 0 Å². The van der Waals surface area contributed by atoms with Crippen molar-refractivity contribution < 1.29 is 22.8 Å². The molecule has 0 saturated carbocycles. The van der Waals surface area contributed by atoms with Crippen LogP contribution in [0.5, 0.6) is 0 Å². The predicted octanol–water partition coefficient (Wildman–Crippen LogP) is 0.256. The minimum absolute atomic E-state index is 0.0669. The van der Waals surface area contributed by atoms with Crippen LogP contribution in [-0.2, 0) is 24.4 Å². The van der Waals surface area contributed by atoms with Gasteiger partial charge in [-0.2, -0.15) is 0 Å². The Morgan fingerprint density at radius 1 is 1.15 bits per heavy atom. The number of piperidine rings is 1. The molecular weight excluding hydrogens is 370 g/mol. The molecule has 0 unspecified atom stereocenters. The lowest BCUT2D eigenvalue weighted by atomic mass is 9.85. The van der Waals surface area contributed by atoms with Crippen LogP contribution in [0.3, 0.4) is 0 Å². The standard InChI is InChI=1S/C18H27N3O5S/c1-3-27(25,26)20-10-8-13(9-11-20)19-16(22)12(2)21-17(23)14-6-4-5-7-15(14)18(21)24/h4-5,12-15H,3,6-11H2,1-2H3,(H,19,22)/t12-,14+,15+/m0/s1. The molecule has 0 aromatic carbocycles. The van der Waals surface area contributed by atoms with E-state index in [4.69, 9.17) is 0 Å². The molecule has 1 aliphatic carbocycles. The molecule has 0 bridgehead atoms. The van der Waals surface area contributed by atoms with Crippen LogP contribution >= 0.6 is 0 Å². The molecule has 2 saturated heterocycles. The Hall–Kier alpha value is -1.74. The van der Waals surface area contributed by atoms with E-state index >= 15 is 0 Å². The fourth-order valence-corrected chi connectivity index (χ4v) is 5.24. The molecular formula is C18H27N3O5S. The molecule has 150 valence electrons. The maximum Gasteiger partial charge on any atom is 0.243 e. The van der Waals surface area contributed by atoms with Gasteiger partial charge in [0.2, 0.25) is 27.7 Å². The van der Waals surface area contributed by atoms with Gasteiger partial charge in [0.15, 0.2) is 0 Å². The third-order valence-corrected chi connectivity index (χ3v) is 7.75. The number of carbonyl (C=O) groups excluding carboxylic acids is 3. The molecule has 3 aliphatic rings. The Labute approximate surface area is 160 Å². The van der Waals surface area contributed by atoms with E-state index in [2.05, 4.69) is 5.32 Å². The van der Waals surface area contributed by atoms with Crippen LogP contribution in [0.1, 0.15) is 39.5 Å². The molecule has 3 amide bonds. The van der Waals surface area contributed by atoms with Crippen LogP contribution in [-0.4, -0.2) is 66.3 Å². The first kappa shape index (κ1) is 20.0. The minimum atomic E-state index is -3.21. The van der Waals surface area contributed by atoms with Crippen molar-refractivity contribution in [2.24, 2.45) is 11.8 Å². The van der Waals surface area contributed by atoms with Gasteiger partial charge in [0.25, 0.3) is 0 Å². The van der Waals surface area contributed by atoms with E-state index in [0.717, 1.165) is 4.90 Å². The summed E-state index contributed by atoms with van der Waals surface area (Å²) in [4.78, 5) is 38.9. The van der Waals surface area contributed by atoms with Crippen LogP contribution in [0.25, 0.3) is 0 Å². The van der Waals surface area contributed by atoms with Gasteiger partial charge in [0.1, 0.15) is 6.04 Å². The lowest BCUT2D eigenvalue weighted by Crippen LogP contribution is -2.53. The maximum absolute atomic E-state index is 12.6. The lowest BCUT2D eigenvalue weighted by molar-refractivity contribution is -0.147. The van der Waals surface area contributed by atoms with Gasteiger partial charge in [0, 0.05) is 19.1 Å². The second kappa shape index (κ2) is 7.71. The highest BCUT2D eigenvalue weighted by Gasteiger charge is 2.50. The van der Waals surface area contributed by atoms with E-state index in [0.29, 0.717) is 38.8 Å². The number of likely N-dealkylation sites (tertiary alicyclic amines) is 1. The number of sulfonamides is 1. The quantitative estimate of drug-likeness (QED) is 0.529. The molecule has 2 aliphatic heterocycles. The molecule has 1 N–H and O–H groups in total. The van der Waals surface area contributed by atoms with Crippen molar-refractivity contribution in [3.05, 3.63) is 12.2 Å². The highest BCUT2D eigenvalue weighted by molar-refractivity contribution is 7.89. The number of imide groups is 1. The van der Waals surface area contributed by atoms with Gasteiger partial charge in [-0.15, -0.1) is 0 Å². The van der Waals surface area contributed by atoms with Crippen molar-refractivity contribution in [2.45, 2.75) is 51.6 Å². The number of allylic oxidation sites excluding steroid dienone is 2. The third-order valence-electron chi connectivity index (χ3n) is 5.87. The summed E-state index contributed by atoms with van der Waals surface area (Å²) in [5, 5.41) is 2.89. The van der Waals surface area contributed by atoms with Crippen molar-refractivity contribution in [2.75, 3.05) is 18.8 Å². The number of nitrogens with one attached hydrogen (secondary N) is 1. The molecule has 9 heteroatoms. The number of nitrogens with zero attached hydrogens (tertiary/aromatic N) is 2. The van der Waals surface area contributed by atoms with Gasteiger partial charge in [-0.1, -0.05) is 12.2 Å². The average Bonchev–Trinajstić information content (AvgIpc) is 2.92. The average molecular weight is 397 g/mol. The number of rotatable bonds is 5. The smallest absolute Gasteiger partial charge is 0.243 e. The SMILES string of the molecule is CCS(=O)(=O)N1CCC(NC(=O)[C@H](C)N2C(=O)[C@@H]3CC=CC[C@H]3C2=O)CC1. The van der Waals surface area contributed by atoms with Gasteiger partial charge in [-0.05, 0) is 39.5 Å². The highest BCUT2D eigenvalue weighted by Crippen LogP contribution is 2.36. The Balaban J connectivity index is 1.57. The van der Waals surface area contributed by atoms with Gasteiger partial charge in [-0.25, -0.2) is 12.7 Å². The fourth-order valence-electron chi connectivity index (χ4n) is 4.11. The highest BCUT2D eigenvalue weighted by atomic mass is 32.2. The topological polar surface area (TPSA) is 104 Å². The van der Waals surface area contributed by atoms with E-state index in [1.54, 1.807) is 13.8 Å². The van der Waals surface area contributed by atoms with E-state index < -0.39 is 16.1 Å². The molecule has 2 heterocycles. The number of hydrogen-bond donors (Lipinski definition) is 1. The first-order valence-corrected chi connectivity index (χ1v) is 11.2. The second-order valence-electron chi connectivity index (χ2n) is 7.46. The largest absolute Gasteiger partial charge is 0.351 e. The monoisotopic (exact) mass is 397 g/mol. The maximum atomic E-state index is 12.6. The van der Waals surface area contributed by atoms with Crippen molar-refractivity contribution in [1.82, 2.24) is 14.5 Å². The van der Waals surface area contributed by atoms with Gasteiger partial charge in [-0.3, -0.25) is 19.3 Å². The normalized spacial score (nSPS) is 28.3. The van der Waals surface area contributed by atoms with Crippen LogP contribution in [0.2, 0.25) is 0 Å². The zero-order valence-electron chi connectivity index (χ0n) is 15.8. The Kier molecular flexibility index (Phi) is 5.71. The van der Waals surface area contributed by atoms with Crippen LogP contribution < -0.4 is 5.32 Å². The predicted molar refractivity (Wildman–Crippen MR) is 98.9 cm³/mol. The number of amides is 3. The van der Waals surface area contributed by atoms with Crippen LogP contribution in [0.4, 0.5) is 0 Å². The molecule has 0 aromatic rings. The first-order chi connectivity index (χ1) is 12.8. The molecule has 0 aromatic heterocycles. The van der Waals surface area contributed by atoms with Crippen molar-refractivity contribution in [3.8, 4) is 0 Å². The summed E-state index contributed by atoms with van der Waals surface area (Å²) >= 11 is 0. The van der Waals surface area contributed by atoms with Crippen molar-refractivity contribution >= 4 is 27.7 Å². The summed E-state index contributed by atoms with van der Waals surface area (Å²) in [6.07, 6.45) is 5.97. The zero-order chi connectivity index (χ0) is 19.8. The van der Waals surface area contributed by atoms with Crippen molar-refractivity contribution in [1.29, 1.82) is 0 Å². The minimum Gasteiger partial charge on any atom is -0.351 e. The van der Waals surface area contributed by atoms with Crippen LogP contribution in [0.15, 0.2) is 12.2 Å². The Morgan fingerprint density at radius 3 is 2.15 bits per heavy atom. The molecule has 3 atom stereocenters. The molecule has 3 rings (SSSR count). The Bertz CT molecular complexity index is 729. The molecule has 0 spiro atoms. The van der Waals surface area contributed by atoms with E-state index in [9.17, 15) is 22.8 Å². The van der Waals surface area contributed by atoms with Crippen LogP contribution in [0, 0.1) is 11.8 Å². The van der Waals surface area contributed by atoms with E-state index in [-0.39, 0.29) is 41.4 Å². The molecule has 8 nitrogen and oxygen atoms in total. The number of fused-ring (bicyclic) bond motifs is 1. The molecule has 2 fully saturated rings. The Morgan fingerprint density at radius 2 is 1.67 bits per heavy atom. The molecule has 27 heavy (non-hydrogen) atoms. The molecule has 0 radical (unpaired) electrons. The summed E-state index contributed by atoms with van der Waals surface area (Å²) in [7, 11) is -3.21. The zero-order valence-corrected chi connectivity index (χ0v) is 16.6. The lowest BCUT2D eigenvalue weighted by Gasteiger charge is -2.32. The van der Waals surface area contributed by atoms with E-state index in [1.807, 2.05) is 12.2 Å². The van der Waals surface area contributed by atoms with Gasteiger partial charge < -0.3 is 5.32 Å². The summed E-state index contributed by atoms with van der Waals surface area (Å²) in [6, 6.07) is -1.01. The summed E-state index contributed by atoms with van der Waals surface area (Å²) in [5.74, 6) is -1.51. The number of carbonyl (C=O) groups is 3. The fraction of sp³-hybridized carbons (Fsp3) is 0.722. The summed E-state index contributed by atoms with van der Waals surface area (Å²) < 4.78 is 25.3. The summed E-state index contributed by atoms with van der Waals surface area (Å²) in [6.45, 7) is 3.93. The van der Waals surface area contributed by atoms with E-state index in [1.165, 1.54) is 4.31 Å². The second-order valence-corrected chi connectivity index (χ2v) is 9.72. The number of hydrogen-bond acceptors (Lipinski definition) is 5. The first-order valence-electron chi connectivity index (χ1n) is 9.56. The van der Waals surface area contributed by atoms with Gasteiger partial charge >= 0.3 is 0 Å².